The highest BCUT2D eigenvalue weighted by Crippen LogP contribution is 2.19. The predicted octanol–water partition coefficient (Wildman–Crippen LogP) is 2.75. The number of carbonyl (C=O) groups is 1. The fraction of sp³-hybridized carbons (Fsp3) is 0.400. The lowest BCUT2D eigenvalue weighted by Crippen LogP contribution is -2.07. The van der Waals surface area contributed by atoms with Crippen molar-refractivity contribution in [3.05, 3.63) is 35.7 Å². The number of nitrogens with zero attached hydrogens (tertiary/aromatic N) is 3. The van der Waals surface area contributed by atoms with Gasteiger partial charge in [-0.05, 0) is 31.5 Å². The van der Waals surface area contributed by atoms with E-state index in [9.17, 15) is 4.79 Å². The van der Waals surface area contributed by atoms with Crippen LogP contribution in [-0.2, 0) is 17.9 Å². The average Bonchev–Trinajstić information content (AvgIpc) is 2.87. The fourth-order valence-electron chi connectivity index (χ4n) is 1.93. The third kappa shape index (κ3) is 4.49. The highest BCUT2D eigenvalue weighted by Gasteiger charge is 2.12. The Balaban J connectivity index is 1.99. The summed E-state index contributed by atoms with van der Waals surface area (Å²) in [5.74, 6) is 1.21. The Bertz CT molecular complexity index is 643. The van der Waals surface area contributed by atoms with Gasteiger partial charge in [0.25, 0.3) is 0 Å². The van der Waals surface area contributed by atoms with Crippen molar-refractivity contribution in [1.82, 2.24) is 14.8 Å². The van der Waals surface area contributed by atoms with Crippen LogP contribution >= 0.6 is 11.8 Å². The van der Waals surface area contributed by atoms with Gasteiger partial charge in [-0.1, -0.05) is 23.9 Å². The lowest BCUT2D eigenvalue weighted by molar-refractivity contribution is -0.136. The number of aliphatic carboxylic acids is 1. The molecule has 7 heteroatoms. The molecule has 0 aliphatic heterocycles. The summed E-state index contributed by atoms with van der Waals surface area (Å²) in [5.41, 5.74) is 1.14. The molecular formula is C15H19N3O3S. The molecule has 0 unspecified atom stereocenters. The van der Waals surface area contributed by atoms with Gasteiger partial charge in [-0.15, -0.1) is 10.2 Å². The van der Waals surface area contributed by atoms with E-state index in [4.69, 9.17) is 9.84 Å². The molecule has 0 amide bonds. The standard InChI is InChI=1S/C15H19N3O3S/c1-3-18-13(10-21-12-6-4-5-11(2)9-12)16-17-15(18)22-8-7-14(19)20/h4-6,9H,3,7-8,10H2,1-2H3,(H,19,20). The van der Waals surface area contributed by atoms with Crippen LogP contribution in [0.1, 0.15) is 24.7 Å². The van der Waals surface area contributed by atoms with Crippen LogP contribution in [-0.4, -0.2) is 31.6 Å². The lowest BCUT2D eigenvalue weighted by atomic mass is 10.2. The molecule has 118 valence electrons. The van der Waals surface area contributed by atoms with E-state index in [1.54, 1.807) is 0 Å². The molecule has 0 spiro atoms. The molecule has 2 aromatic rings. The SMILES string of the molecule is CCn1c(COc2cccc(C)c2)nnc1SCCC(=O)O. The minimum Gasteiger partial charge on any atom is -0.486 e. The second-order valence-corrected chi connectivity index (χ2v) is 5.80. The van der Waals surface area contributed by atoms with Gasteiger partial charge in [-0.25, -0.2) is 0 Å². The molecular weight excluding hydrogens is 302 g/mol. The molecule has 1 aromatic heterocycles. The summed E-state index contributed by atoms with van der Waals surface area (Å²) in [5, 5.41) is 17.7. The molecule has 1 aromatic carbocycles. The number of carboxylic acids is 1. The molecule has 0 aliphatic carbocycles. The zero-order chi connectivity index (χ0) is 15.9. The van der Waals surface area contributed by atoms with Gasteiger partial charge in [0, 0.05) is 12.3 Å². The van der Waals surface area contributed by atoms with Crippen molar-refractivity contribution in [2.45, 2.75) is 38.6 Å². The molecule has 2 rings (SSSR count). The Hall–Kier alpha value is -2.02. The molecule has 0 bridgehead atoms. The molecule has 0 saturated carbocycles. The third-order valence-corrected chi connectivity index (χ3v) is 3.98. The van der Waals surface area contributed by atoms with Gasteiger partial charge in [0.15, 0.2) is 11.0 Å². The number of rotatable bonds is 8. The second-order valence-electron chi connectivity index (χ2n) is 4.74. The van der Waals surface area contributed by atoms with E-state index in [1.807, 2.05) is 42.7 Å². The van der Waals surface area contributed by atoms with Crippen molar-refractivity contribution < 1.29 is 14.6 Å². The molecule has 1 N–H and O–H groups in total. The average molecular weight is 321 g/mol. The van der Waals surface area contributed by atoms with Crippen LogP contribution < -0.4 is 4.74 Å². The quantitative estimate of drug-likeness (QED) is 0.753. The molecule has 0 aliphatic rings. The number of hydrogen-bond acceptors (Lipinski definition) is 5. The van der Waals surface area contributed by atoms with Crippen LogP contribution in [0.3, 0.4) is 0 Å². The number of hydrogen-bond donors (Lipinski definition) is 1. The molecule has 0 fully saturated rings. The van der Waals surface area contributed by atoms with E-state index in [2.05, 4.69) is 10.2 Å². The summed E-state index contributed by atoms with van der Waals surface area (Å²) in [6.07, 6.45) is 0.108. The van der Waals surface area contributed by atoms with E-state index in [-0.39, 0.29) is 6.42 Å². The van der Waals surface area contributed by atoms with E-state index >= 15 is 0 Å². The van der Waals surface area contributed by atoms with Gasteiger partial charge in [0.2, 0.25) is 0 Å². The number of carboxylic acid groups (broad SMARTS) is 1. The minimum absolute atomic E-state index is 0.108. The Morgan fingerprint density at radius 3 is 2.91 bits per heavy atom. The number of aryl methyl sites for hydroxylation is 1. The van der Waals surface area contributed by atoms with Gasteiger partial charge in [-0.3, -0.25) is 4.79 Å². The number of benzene rings is 1. The molecule has 22 heavy (non-hydrogen) atoms. The second kappa shape index (κ2) is 7.84. The van der Waals surface area contributed by atoms with Gasteiger partial charge in [-0.2, -0.15) is 0 Å². The summed E-state index contributed by atoms with van der Waals surface area (Å²) in [7, 11) is 0. The van der Waals surface area contributed by atoms with Crippen molar-refractivity contribution in [1.29, 1.82) is 0 Å². The van der Waals surface area contributed by atoms with Gasteiger partial charge in [0.05, 0.1) is 6.42 Å². The Morgan fingerprint density at radius 2 is 2.23 bits per heavy atom. The monoisotopic (exact) mass is 321 g/mol. The first-order chi connectivity index (χ1) is 10.6. The van der Waals surface area contributed by atoms with Crippen LogP contribution in [0.2, 0.25) is 0 Å². The van der Waals surface area contributed by atoms with Crippen LogP contribution in [0.25, 0.3) is 0 Å². The number of thioether (sulfide) groups is 1. The van der Waals surface area contributed by atoms with Crippen LogP contribution in [0, 0.1) is 6.92 Å². The van der Waals surface area contributed by atoms with E-state index in [0.29, 0.717) is 12.4 Å². The third-order valence-electron chi connectivity index (χ3n) is 3.01. The first-order valence-corrected chi connectivity index (χ1v) is 8.05. The summed E-state index contributed by atoms with van der Waals surface area (Å²) in [6.45, 7) is 5.07. The zero-order valence-electron chi connectivity index (χ0n) is 12.7. The maximum absolute atomic E-state index is 10.6. The smallest absolute Gasteiger partial charge is 0.304 e. The lowest BCUT2D eigenvalue weighted by Gasteiger charge is -2.09. The van der Waals surface area contributed by atoms with Gasteiger partial charge >= 0.3 is 5.97 Å². The van der Waals surface area contributed by atoms with E-state index in [1.165, 1.54) is 11.8 Å². The highest BCUT2D eigenvalue weighted by molar-refractivity contribution is 7.99. The van der Waals surface area contributed by atoms with E-state index in [0.717, 1.165) is 28.8 Å². The van der Waals surface area contributed by atoms with Crippen LogP contribution in [0.15, 0.2) is 29.4 Å². The zero-order valence-corrected chi connectivity index (χ0v) is 13.5. The van der Waals surface area contributed by atoms with Crippen molar-refractivity contribution >= 4 is 17.7 Å². The first kappa shape index (κ1) is 16.4. The van der Waals surface area contributed by atoms with Crippen molar-refractivity contribution in [3.63, 3.8) is 0 Å². The molecule has 1 heterocycles. The predicted molar refractivity (Wildman–Crippen MR) is 84.2 cm³/mol. The Labute approximate surface area is 133 Å². The summed E-state index contributed by atoms with van der Waals surface area (Å²) < 4.78 is 7.69. The molecule has 6 nitrogen and oxygen atoms in total. The largest absolute Gasteiger partial charge is 0.486 e. The van der Waals surface area contributed by atoms with Crippen molar-refractivity contribution in [2.75, 3.05) is 5.75 Å². The van der Waals surface area contributed by atoms with Crippen molar-refractivity contribution in [3.8, 4) is 5.75 Å². The number of ether oxygens (including phenoxy) is 1. The summed E-state index contributed by atoms with van der Waals surface area (Å²) >= 11 is 1.40. The maximum atomic E-state index is 10.6. The topological polar surface area (TPSA) is 77.2 Å². The van der Waals surface area contributed by atoms with Gasteiger partial charge < -0.3 is 14.4 Å². The van der Waals surface area contributed by atoms with Gasteiger partial charge in [0.1, 0.15) is 12.4 Å². The Morgan fingerprint density at radius 1 is 1.41 bits per heavy atom. The maximum Gasteiger partial charge on any atom is 0.304 e. The first-order valence-electron chi connectivity index (χ1n) is 7.06. The normalized spacial score (nSPS) is 10.6. The molecule has 0 atom stereocenters. The molecule has 0 radical (unpaired) electrons. The summed E-state index contributed by atoms with van der Waals surface area (Å²) in [4.78, 5) is 10.6. The number of aromatic nitrogens is 3. The van der Waals surface area contributed by atoms with E-state index < -0.39 is 5.97 Å². The molecule has 0 saturated heterocycles. The van der Waals surface area contributed by atoms with Crippen LogP contribution in [0.5, 0.6) is 5.75 Å². The highest BCUT2D eigenvalue weighted by atomic mass is 32.2. The minimum atomic E-state index is -0.807. The van der Waals surface area contributed by atoms with Crippen molar-refractivity contribution in [2.24, 2.45) is 0 Å². The van der Waals surface area contributed by atoms with Crippen LogP contribution in [0.4, 0.5) is 0 Å². The Kier molecular flexibility index (Phi) is 5.83. The fourth-order valence-corrected chi connectivity index (χ4v) is 2.88. The summed E-state index contributed by atoms with van der Waals surface area (Å²) in [6, 6.07) is 7.83.